The Morgan fingerprint density at radius 1 is 1.65 bits per heavy atom. The van der Waals surface area contributed by atoms with E-state index in [0.717, 1.165) is 0 Å². The Balaban J connectivity index is 3.34. The van der Waals surface area contributed by atoms with E-state index in [1.165, 1.54) is 19.2 Å². The van der Waals surface area contributed by atoms with E-state index in [0.29, 0.717) is 11.4 Å². The first-order chi connectivity index (χ1) is 7.91. The molecule has 7 heteroatoms. The number of likely N-dealkylation sites (N-methyl/N-ethyl adjacent to an activating group) is 1. The lowest BCUT2D eigenvalue weighted by molar-refractivity contribution is -0.133. The Hall–Kier alpha value is -1.47. The summed E-state index contributed by atoms with van der Waals surface area (Å²) in [4.78, 5) is 16.8. The van der Waals surface area contributed by atoms with Crippen molar-refractivity contribution in [1.29, 1.82) is 0 Å². The molecule has 0 aromatic carbocycles. The number of hydrazone groups is 1. The third kappa shape index (κ3) is 1.91. The quantitative estimate of drug-likeness (QED) is 0.545. The Kier molecular flexibility index (Phi) is 3.84. The molecule has 0 aromatic rings. The van der Waals surface area contributed by atoms with Crippen LogP contribution in [-0.4, -0.2) is 47.2 Å². The van der Waals surface area contributed by atoms with Crippen LogP contribution in [0.15, 0.2) is 10.3 Å². The molecule has 1 rings (SSSR count). The molecule has 7 nitrogen and oxygen atoms in total. The number of hydrogen-bond donors (Lipinski definition) is 2. The van der Waals surface area contributed by atoms with Gasteiger partial charge in [0, 0.05) is 7.05 Å². The molecular weight excluding hydrogens is 224 g/mol. The predicted octanol–water partition coefficient (Wildman–Crippen LogP) is 0.210. The maximum absolute atomic E-state index is 12.1. The van der Waals surface area contributed by atoms with Gasteiger partial charge in [-0.15, -0.1) is 0 Å². The minimum Gasteiger partial charge on any atom is -0.399 e. The van der Waals surface area contributed by atoms with Crippen LogP contribution in [0.5, 0.6) is 0 Å². The standard InChI is InChI=1S/C10H18N4O3/c1-6(2)8-10(13-16,7(3)12-17-5)9(15)14(4)11-8/h6,13,16H,1-5H3. The maximum atomic E-state index is 12.1. The van der Waals surface area contributed by atoms with Gasteiger partial charge in [0.1, 0.15) is 7.11 Å². The Labute approximate surface area is 100 Å². The highest BCUT2D eigenvalue weighted by Crippen LogP contribution is 2.25. The minimum absolute atomic E-state index is 0.0226. The van der Waals surface area contributed by atoms with Crippen LogP contribution in [0.2, 0.25) is 0 Å². The monoisotopic (exact) mass is 242 g/mol. The zero-order chi connectivity index (χ0) is 13.2. The molecule has 1 atom stereocenters. The Morgan fingerprint density at radius 3 is 2.65 bits per heavy atom. The van der Waals surface area contributed by atoms with Crippen LogP contribution < -0.4 is 5.48 Å². The van der Waals surface area contributed by atoms with E-state index in [1.54, 1.807) is 6.92 Å². The molecule has 0 saturated heterocycles. The molecule has 2 N–H and O–H groups in total. The van der Waals surface area contributed by atoms with Gasteiger partial charge in [-0.05, 0) is 12.8 Å². The molecule has 0 spiro atoms. The van der Waals surface area contributed by atoms with E-state index in [2.05, 4.69) is 15.1 Å². The lowest BCUT2D eigenvalue weighted by Gasteiger charge is -2.27. The summed E-state index contributed by atoms with van der Waals surface area (Å²) in [7, 11) is 2.91. The Morgan fingerprint density at radius 2 is 2.24 bits per heavy atom. The number of nitrogens with zero attached hydrogens (tertiary/aromatic N) is 3. The van der Waals surface area contributed by atoms with Gasteiger partial charge in [-0.1, -0.05) is 19.0 Å². The largest absolute Gasteiger partial charge is 0.399 e. The lowest BCUT2D eigenvalue weighted by atomic mass is 9.83. The van der Waals surface area contributed by atoms with E-state index in [4.69, 9.17) is 0 Å². The molecule has 1 heterocycles. The van der Waals surface area contributed by atoms with Crippen molar-refractivity contribution in [3.8, 4) is 0 Å². The third-order valence-electron chi connectivity index (χ3n) is 2.74. The molecule has 0 aromatic heterocycles. The zero-order valence-corrected chi connectivity index (χ0v) is 10.7. The highest BCUT2D eigenvalue weighted by Gasteiger charge is 2.53. The van der Waals surface area contributed by atoms with Crippen molar-refractivity contribution in [2.24, 2.45) is 16.2 Å². The van der Waals surface area contributed by atoms with Gasteiger partial charge in [-0.25, -0.2) is 5.01 Å². The van der Waals surface area contributed by atoms with Crippen LogP contribution in [0.3, 0.4) is 0 Å². The molecule has 0 bridgehead atoms. The number of carbonyl (C=O) groups is 1. The van der Waals surface area contributed by atoms with Gasteiger partial charge in [0.2, 0.25) is 5.54 Å². The summed E-state index contributed by atoms with van der Waals surface area (Å²) >= 11 is 0. The normalized spacial score (nSPS) is 25.6. The third-order valence-corrected chi connectivity index (χ3v) is 2.74. The number of amides is 1. The highest BCUT2D eigenvalue weighted by atomic mass is 16.6. The van der Waals surface area contributed by atoms with Crippen molar-refractivity contribution < 1.29 is 14.8 Å². The van der Waals surface area contributed by atoms with Crippen molar-refractivity contribution in [2.75, 3.05) is 14.2 Å². The maximum Gasteiger partial charge on any atom is 0.276 e. The summed E-state index contributed by atoms with van der Waals surface area (Å²) in [5, 5.41) is 18.5. The molecule has 1 amide bonds. The number of nitrogens with one attached hydrogen (secondary N) is 1. The predicted molar refractivity (Wildman–Crippen MR) is 62.8 cm³/mol. The number of rotatable bonds is 4. The molecular formula is C10H18N4O3. The summed E-state index contributed by atoms with van der Waals surface area (Å²) in [5.74, 6) is -0.410. The minimum atomic E-state index is -1.42. The SMILES string of the molecule is CON=C(C)C1(NO)C(=O)N(C)N=C1C(C)C. The first-order valence-electron chi connectivity index (χ1n) is 5.28. The lowest BCUT2D eigenvalue weighted by Crippen LogP contribution is -2.62. The molecule has 1 unspecified atom stereocenters. The van der Waals surface area contributed by atoms with Crippen LogP contribution in [-0.2, 0) is 9.63 Å². The average molecular weight is 242 g/mol. The summed E-state index contributed by atoms with van der Waals surface area (Å²) in [6.45, 7) is 5.37. The average Bonchev–Trinajstić information content (AvgIpc) is 2.53. The highest BCUT2D eigenvalue weighted by molar-refractivity contribution is 6.33. The van der Waals surface area contributed by atoms with Crippen LogP contribution in [0.1, 0.15) is 20.8 Å². The summed E-state index contributed by atoms with van der Waals surface area (Å²) in [6.07, 6.45) is 0. The van der Waals surface area contributed by atoms with Gasteiger partial charge < -0.3 is 10.0 Å². The zero-order valence-electron chi connectivity index (χ0n) is 10.7. The summed E-state index contributed by atoms with van der Waals surface area (Å²) < 4.78 is 0. The van der Waals surface area contributed by atoms with Gasteiger partial charge in [-0.3, -0.25) is 4.79 Å². The van der Waals surface area contributed by atoms with Crippen molar-refractivity contribution in [3.05, 3.63) is 0 Å². The van der Waals surface area contributed by atoms with Crippen LogP contribution in [0.25, 0.3) is 0 Å². The topological polar surface area (TPSA) is 86.5 Å². The van der Waals surface area contributed by atoms with E-state index in [-0.39, 0.29) is 11.8 Å². The first kappa shape index (κ1) is 13.6. The molecule has 0 saturated carbocycles. The fourth-order valence-corrected chi connectivity index (χ4v) is 1.91. The number of oxime groups is 1. The summed E-state index contributed by atoms with van der Waals surface area (Å²) in [5.41, 5.74) is 1.44. The second-order valence-electron chi connectivity index (χ2n) is 4.19. The van der Waals surface area contributed by atoms with Gasteiger partial charge in [0.05, 0.1) is 11.4 Å². The van der Waals surface area contributed by atoms with Crippen LogP contribution in [0, 0.1) is 5.92 Å². The van der Waals surface area contributed by atoms with E-state index < -0.39 is 5.54 Å². The molecule has 0 fully saturated rings. The van der Waals surface area contributed by atoms with E-state index >= 15 is 0 Å². The Bertz CT molecular complexity index is 378. The molecule has 96 valence electrons. The van der Waals surface area contributed by atoms with Gasteiger partial charge >= 0.3 is 0 Å². The molecule has 1 aliphatic heterocycles. The van der Waals surface area contributed by atoms with Crippen molar-refractivity contribution in [1.82, 2.24) is 10.5 Å². The molecule has 0 radical (unpaired) electrons. The van der Waals surface area contributed by atoms with Crippen LogP contribution >= 0.6 is 0 Å². The first-order valence-corrected chi connectivity index (χ1v) is 5.28. The van der Waals surface area contributed by atoms with E-state index in [9.17, 15) is 10.0 Å². The molecule has 17 heavy (non-hydrogen) atoms. The smallest absolute Gasteiger partial charge is 0.276 e. The van der Waals surface area contributed by atoms with Crippen LogP contribution in [0.4, 0.5) is 0 Å². The van der Waals surface area contributed by atoms with Gasteiger partial charge in [0.25, 0.3) is 5.91 Å². The van der Waals surface area contributed by atoms with Crippen molar-refractivity contribution in [3.63, 3.8) is 0 Å². The fraction of sp³-hybridized carbons (Fsp3) is 0.700. The fourth-order valence-electron chi connectivity index (χ4n) is 1.91. The second kappa shape index (κ2) is 4.80. The molecule has 1 aliphatic rings. The van der Waals surface area contributed by atoms with Crippen molar-refractivity contribution in [2.45, 2.75) is 26.3 Å². The number of hydrogen-bond acceptors (Lipinski definition) is 6. The second-order valence-corrected chi connectivity index (χ2v) is 4.19. The van der Waals surface area contributed by atoms with Gasteiger partial charge in [0.15, 0.2) is 0 Å². The number of hydroxylamine groups is 1. The number of carbonyl (C=O) groups excluding carboxylic acids is 1. The van der Waals surface area contributed by atoms with Gasteiger partial charge in [-0.2, -0.15) is 10.6 Å². The van der Waals surface area contributed by atoms with Crippen molar-refractivity contribution >= 4 is 17.3 Å². The molecule has 0 aliphatic carbocycles. The summed E-state index contributed by atoms with van der Waals surface area (Å²) in [6, 6.07) is 0. The van der Waals surface area contributed by atoms with E-state index in [1.807, 2.05) is 19.3 Å².